The van der Waals surface area contributed by atoms with Gasteiger partial charge in [0, 0.05) is 6.04 Å². The molecule has 1 saturated carbocycles. The van der Waals surface area contributed by atoms with Crippen molar-refractivity contribution in [1.29, 1.82) is 0 Å². The van der Waals surface area contributed by atoms with Crippen LogP contribution in [0.15, 0.2) is 0 Å². The summed E-state index contributed by atoms with van der Waals surface area (Å²) in [4.78, 5) is 0. The summed E-state index contributed by atoms with van der Waals surface area (Å²) >= 11 is 0. The van der Waals surface area contributed by atoms with Crippen molar-refractivity contribution < 1.29 is 0 Å². The molecule has 1 nitrogen and oxygen atoms in total. The van der Waals surface area contributed by atoms with Gasteiger partial charge in [0.05, 0.1) is 0 Å². The van der Waals surface area contributed by atoms with Crippen LogP contribution in [-0.2, 0) is 0 Å². The fourth-order valence-corrected chi connectivity index (χ4v) is 3.43. The molecule has 0 radical (unpaired) electrons. The van der Waals surface area contributed by atoms with Crippen molar-refractivity contribution >= 4 is 0 Å². The summed E-state index contributed by atoms with van der Waals surface area (Å²) in [7, 11) is 0. The molecule has 1 fully saturated rings. The van der Waals surface area contributed by atoms with Crippen LogP contribution in [0.2, 0.25) is 0 Å². The summed E-state index contributed by atoms with van der Waals surface area (Å²) in [5, 5.41) is 3.84. The van der Waals surface area contributed by atoms with Gasteiger partial charge >= 0.3 is 0 Å². The average molecular weight is 268 g/mol. The number of hydrogen-bond donors (Lipinski definition) is 1. The summed E-state index contributed by atoms with van der Waals surface area (Å²) in [6, 6.07) is 0.812. The van der Waals surface area contributed by atoms with E-state index in [9.17, 15) is 0 Å². The van der Waals surface area contributed by atoms with Gasteiger partial charge in [-0.25, -0.2) is 0 Å². The second kappa shape index (κ2) is 11.8. The molecule has 114 valence electrons. The summed E-state index contributed by atoms with van der Waals surface area (Å²) < 4.78 is 0. The second-order valence-electron chi connectivity index (χ2n) is 6.59. The molecular formula is C18H37N. The number of rotatable bonds is 11. The number of nitrogens with one attached hydrogen (secondary N) is 1. The minimum atomic E-state index is 0.812. The van der Waals surface area contributed by atoms with Crippen molar-refractivity contribution in [2.24, 2.45) is 5.92 Å². The van der Waals surface area contributed by atoms with Gasteiger partial charge in [0.2, 0.25) is 0 Å². The molecule has 1 aliphatic rings. The van der Waals surface area contributed by atoms with E-state index in [0.29, 0.717) is 0 Å². The Labute approximate surface area is 121 Å². The minimum Gasteiger partial charge on any atom is -0.314 e. The maximum absolute atomic E-state index is 3.84. The molecule has 1 aliphatic carbocycles. The second-order valence-corrected chi connectivity index (χ2v) is 6.59. The van der Waals surface area contributed by atoms with Crippen LogP contribution < -0.4 is 5.32 Å². The molecule has 1 N–H and O–H groups in total. The van der Waals surface area contributed by atoms with Crippen molar-refractivity contribution in [3.8, 4) is 0 Å². The summed E-state index contributed by atoms with van der Waals surface area (Å²) in [5.74, 6) is 1.03. The Bertz CT molecular complexity index is 184. The van der Waals surface area contributed by atoms with E-state index >= 15 is 0 Å². The van der Waals surface area contributed by atoms with Gasteiger partial charge in [-0.1, -0.05) is 78.1 Å². The Hall–Kier alpha value is -0.0400. The molecule has 0 amide bonds. The van der Waals surface area contributed by atoms with Gasteiger partial charge in [0.1, 0.15) is 0 Å². The molecule has 0 aliphatic heterocycles. The normalized spacial score (nSPS) is 18.6. The molecule has 0 heterocycles. The fraction of sp³-hybridized carbons (Fsp3) is 1.00. The van der Waals surface area contributed by atoms with Gasteiger partial charge in [-0.3, -0.25) is 0 Å². The first-order valence-corrected chi connectivity index (χ1v) is 9.10. The first kappa shape index (κ1) is 17.0. The van der Waals surface area contributed by atoms with Crippen LogP contribution in [0, 0.1) is 5.92 Å². The van der Waals surface area contributed by atoms with Crippen LogP contribution in [0.25, 0.3) is 0 Å². The monoisotopic (exact) mass is 267 g/mol. The Kier molecular flexibility index (Phi) is 10.5. The molecule has 1 atom stereocenters. The third kappa shape index (κ3) is 8.68. The quantitative estimate of drug-likeness (QED) is 0.474. The predicted molar refractivity (Wildman–Crippen MR) is 86.6 cm³/mol. The third-order valence-electron chi connectivity index (χ3n) is 4.71. The topological polar surface area (TPSA) is 12.0 Å². The lowest BCUT2D eigenvalue weighted by Crippen LogP contribution is -2.32. The maximum atomic E-state index is 3.84. The van der Waals surface area contributed by atoms with Crippen LogP contribution in [0.4, 0.5) is 0 Å². The van der Waals surface area contributed by atoms with Crippen molar-refractivity contribution in [2.45, 2.75) is 103 Å². The molecule has 19 heavy (non-hydrogen) atoms. The lowest BCUT2D eigenvalue weighted by Gasteiger charge is -2.27. The molecule has 1 rings (SSSR count). The van der Waals surface area contributed by atoms with Crippen LogP contribution in [-0.4, -0.2) is 12.6 Å². The summed E-state index contributed by atoms with van der Waals surface area (Å²) in [5.41, 5.74) is 0. The standard InChI is InChI=1S/C18H37N/c1-3-5-7-11-14-18(19-15-6-4-2)16-17-12-9-8-10-13-17/h17-19H,3-16H2,1-2H3. The van der Waals surface area contributed by atoms with E-state index < -0.39 is 0 Å². The highest BCUT2D eigenvalue weighted by atomic mass is 14.9. The summed E-state index contributed by atoms with van der Waals surface area (Å²) in [6.45, 7) is 5.83. The van der Waals surface area contributed by atoms with E-state index in [1.54, 1.807) is 0 Å². The summed E-state index contributed by atoms with van der Waals surface area (Å²) in [6.07, 6.45) is 18.7. The van der Waals surface area contributed by atoms with Gasteiger partial charge < -0.3 is 5.32 Å². The predicted octanol–water partition coefficient (Wildman–Crippen LogP) is 5.69. The average Bonchev–Trinajstić information content (AvgIpc) is 2.44. The Morgan fingerprint density at radius 3 is 2.32 bits per heavy atom. The van der Waals surface area contributed by atoms with E-state index in [-0.39, 0.29) is 0 Å². The maximum Gasteiger partial charge on any atom is 0.00697 e. The van der Waals surface area contributed by atoms with Gasteiger partial charge in [0.25, 0.3) is 0 Å². The van der Waals surface area contributed by atoms with E-state index in [4.69, 9.17) is 0 Å². The van der Waals surface area contributed by atoms with Crippen LogP contribution in [0.3, 0.4) is 0 Å². The Morgan fingerprint density at radius 2 is 1.63 bits per heavy atom. The van der Waals surface area contributed by atoms with Gasteiger partial charge in [-0.15, -0.1) is 0 Å². The highest BCUT2D eigenvalue weighted by Gasteiger charge is 2.18. The Balaban J connectivity index is 2.21. The molecule has 0 bridgehead atoms. The van der Waals surface area contributed by atoms with Crippen LogP contribution in [0.1, 0.15) is 97.3 Å². The van der Waals surface area contributed by atoms with Gasteiger partial charge in [0.15, 0.2) is 0 Å². The molecule has 0 aromatic rings. The number of hydrogen-bond acceptors (Lipinski definition) is 1. The van der Waals surface area contributed by atoms with Crippen molar-refractivity contribution in [2.75, 3.05) is 6.54 Å². The SMILES string of the molecule is CCCCCCC(CC1CCCCC1)NCCCC. The van der Waals surface area contributed by atoms with Crippen molar-refractivity contribution in [3.63, 3.8) is 0 Å². The number of unbranched alkanes of at least 4 members (excludes halogenated alkanes) is 4. The first-order valence-electron chi connectivity index (χ1n) is 9.10. The van der Waals surface area contributed by atoms with Gasteiger partial charge in [-0.05, 0) is 31.7 Å². The van der Waals surface area contributed by atoms with Crippen molar-refractivity contribution in [1.82, 2.24) is 5.32 Å². The molecule has 0 aromatic carbocycles. The van der Waals surface area contributed by atoms with Gasteiger partial charge in [-0.2, -0.15) is 0 Å². The smallest absolute Gasteiger partial charge is 0.00697 e. The minimum absolute atomic E-state index is 0.812. The Morgan fingerprint density at radius 1 is 0.895 bits per heavy atom. The van der Waals surface area contributed by atoms with E-state index in [0.717, 1.165) is 12.0 Å². The van der Waals surface area contributed by atoms with E-state index in [1.807, 2.05) is 0 Å². The zero-order valence-electron chi connectivity index (χ0n) is 13.6. The lowest BCUT2D eigenvalue weighted by atomic mass is 9.84. The largest absolute Gasteiger partial charge is 0.314 e. The van der Waals surface area contributed by atoms with Crippen LogP contribution in [0.5, 0.6) is 0 Å². The fourth-order valence-electron chi connectivity index (χ4n) is 3.43. The lowest BCUT2D eigenvalue weighted by molar-refractivity contribution is 0.287. The zero-order chi connectivity index (χ0) is 13.8. The molecule has 0 spiro atoms. The highest BCUT2D eigenvalue weighted by Crippen LogP contribution is 2.28. The molecular weight excluding hydrogens is 230 g/mol. The molecule has 1 heteroatoms. The van der Waals surface area contributed by atoms with Crippen molar-refractivity contribution in [3.05, 3.63) is 0 Å². The molecule has 0 aromatic heterocycles. The molecule has 1 unspecified atom stereocenters. The zero-order valence-corrected chi connectivity index (χ0v) is 13.6. The van der Waals surface area contributed by atoms with Crippen LogP contribution >= 0.6 is 0 Å². The van der Waals surface area contributed by atoms with E-state index in [2.05, 4.69) is 19.2 Å². The molecule has 0 saturated heterocycles. The third-order valence-corrected chi connectivity index (χ3v) is 4.71. The van der Waals surface area contributed by atoms with E-state index in [1.165, 1.54) is 90.0 Å². The highest BCUT2D eigenvalue weighted by molar-refractivity contribution is 4.75. The first-order chi connectivity index (χ1) is 9.36.